The van der Waals surface area contributed by atoms with Crippen molar-refractivity contribution in [3.05, 3.63) is 52.1 Å². The van der Waals surface area contributed by atoms with E-state index in [9.17, 15) is 0 Å². The van der Waals surface area contributed by atoms with E-state index in [2.05, 4.69) is 10.2 Å². The summed E-state index contributed by atoms with van der Waals surface area (Å²) in [5.41, 5.74) is 1.20. The molecular formula is C11H8Cl2N2S. The van der Waals surface area contributed by atoms with E-state index < -0.39 is 0 Å². The number of halogens is 2. The van der Waals surface area contributed by atoms with Crippen LogP contribution in [0.2, 0.25) is 10.2 Å². The Balaban J connectivity index is 1.97. The summed E-state index contributed by atoms with van der Waals surface area (Å²) in [4.78, 5) is 0. The van der Waals surface area contributed by atoms with E-state index in [1.54, 1.807) is 17.8 Å². The third-order valence-electron chi connectivity index (χ3n) is 1.91. The van der Waals surface area contributed by atoms with Gasteiger partial charge in [-0.25, -0.2) is 0 Å². The minimum Gasteiger partial charge on any atom is -0.143 e. The lowest BCUT2D eigenvalue weighted by Gasteiger charge is -2.00. The van der Waals surface area contributed by atoms with Gasteiger partial charge < -0.3 is 0 Å². The van der Waals surface area contributed by atoms with E-state index in [0.717, 1.165) is 15.8 Å². The van der Waals surface area contributed by atoms with Gasteiger partial charge in [0.05, 0.1) is 0 Å². The number of aromatic nitrogens is 2. The van der Waals surface area contributed by atoms with Gasteiger partial charge in [-0.3, -0.25) is 0 Å². The van der Waals surface area contributed by atoms with Crippen LogP contribution in [-0.2, 0) is 5.75 Å². The molecule has 0 unspecified atom stereocenters. The SMILES string of the molecule is Clc1ccc(CSc2ccc(Cl)nn2)cc1. The van der Waals surface area contributed by atoms with E-state index in [4.69, 9.17) is 23.2 Å². The molecule has 0 radical (unpaired) electrons. The van der Waals surface area contributed by atoms with Crippen molar-refractivity contribution < 1.29 is 0 Å². The molecule has 0 saturated heterocycles. The van der Waals surface area contributed by atoms with Crippen molar-refractivity contribution in [1.29, 1.82) is 0 Å². The normalized spacial score (nSPS) is 10.4. The first-order chi connectivity index (χ1) is 7.74. The fourth-order valence-electron chi connectivity index (χ4n) is 1.12. The Morgan fingerprint density at radius 1 is 0.938 bits per heavy atom. The second-order valence-electron chi connectivity index (χ2n) is 3.11. The highest BCUT2D eigenvalue weighted by Crippen LogP contribution is 2.21. The lowest BCUT2D eigenvalue weighted by Crippen LogP contribution is -1.86. The maximum Gasteiger partial charge on any atom is 0.151 e. The first kappa shape index (κ1) is 11.7. The summed E-state index contributed by atoms with van der Waals surface area (Å²) in [5.74, 6) is 0.841. The second kappa shape index (κ2) is 5.53. The maximum absolute atomic E-state index is 5.80. The molecule has 0 aliphatic rings. The minimum atomic E-state index is 0.413. The number of hydrogen-bond donors (Lipinski definition) is 0. The predicted molar refractivity (Wildman–Crippen MR) is 68.1 cm³/mol. The Kier molecular flexibility index (Phi) is 4.04. The Bertz CT molecular complexity index is 411. The van der Waals surface area contributed by atoms with Crippen molar-refractivity contribution in [2.75, 3.05) is 0 Å². The van der Waals surface area contributed by atoms with Crippen LogP contribution in [0, 0.1) is 0 Å². The molecule has 2 aromatic rings. The lowest BCUT2D eigenvalue weighted by molar-refractivity contribution is 0.929. The van der Waals surface area contributed by atoms with Gasteiger partial charge >= 0.3 is 0 Å². The van der Waals surface area contributed by atoms with Gasteiger partial charge in [0.1, 0.15) is 5.03 Å². The first-order valence-electron chi connectivity index (χ1n) is 4.60. The third-order valence-corrected chi connectivity index (χ3v) is 3.35. The Hall–Kier alpha value is -0.770. The van der Waals surface area contributed by atoms with Crippen molar-refractivity contribution in [2.45, 2.75) is 10.8 Å². The smallest absolute Gasteiger partial charge is 0.143 e. The predicted octanol–water partition coefficient (Wildman–Crippen LogP) is 4.08. The highest BCUT2D eigenvalue weighted by Gasteiger charge is 1.98. The Morgan fingerprint density at radius 3 is 2.31 bits per heavy atom. The average molecular weight is 271 g/mol. The van der Waals surface area contributed by atoms with E-state index in [1.807, 2.05) is 30.3 Å². The van der Waals surface area contributed by atoms with Crippen molar-refractivity contribution in [3.8, 4) is 0 Å². The largest absolute Gasteiger partial charge is 0.151 e. The van der Waals surface area contributed by atoms with Crippen LogP contribution in [-0.4, -0.2) is 10.2 Å². The summed E-state index contributed by atoms with van der Waals surface area (Å²) < 4.78 is 0. The standard InChI is InChI=1S/C11H8Cl2N2S/c12-9-3-1-8(2-4-9)7-16-11-6-5-10(13)14-15-11/h1-6H,7H2. The van der Waals surface area contributed by atoms with Crippen molar-refractivity contribution in [2.24, 2.45) is 0 Å². The van der Waals surface area contributed by atoms with Crippen LogP contribution >= 0.6 is 35.0 Å². The van der Waals surface area contributed by atoms with Crippen LogP contribution in [0.4, 0.5) is 0 Å². The Labute approximate surface area is 108 Å². The summed E-state index contributed by atoms with van der Waals surface area (Å²) in [5, 5.41) is 9.77. The molecule has 2 rings (SSSR count). The zero-order chi connectivity index (χ0) is 11.4. The molecule has 5 heteroatoms. The van der Waals surface area contributed by atoms with Crippen molar-refractivity contribution in [1.82, 2.24) is 10.2 Å². The number of rotatable bonds is 3. The molecule has 1 heterocycles. The Morgan fingerprint density at radius 2 is 1.69 bits per heavy atom. The van der Waals surface area contributed by atoms with Crippen LogP contribution < -0.4 is 0 Å². The summed E-state index contributed by atoms with van der Waals surface area (Å²) in [6, 6.07) is 11.3. The van der Waals surface area contributed by atoms with Crippen molar-refractivity contribution >= 4 is 35.0 Å². The fourth-order valence-corrected chi connectivity index (χ4v) is 2.12. The van der Waals surface area contributed by atoms with E-state index in [-0.39, 0.29) is 0 Å². The molecule has 1 aromatic heterocycles. The summed E-state index contributed by atoms with van der Waals surface area (Å²) >= 11 is 13.1. The highest BCUT2D eigenvalue weighted by molar-refractivity contribution is 7.98. The molecule has 0 saturated carbocycles. The maximum atomic E-state index is 5.80. The van der Waals surface area contributed by atoms with Crippen LogP contribution in [0.1, 0.15) is 5.56 Å². The van der Waals surface area contributed by atoms with Gasteiger partial charge in [0.15, 0.2) is 5.15 Å². The molecule has 0 fully saturated rings. The quantitative estimate of drug-likeness (QED) is 0.787. The number of hydrogen-bond acceptors (Lipinski definition) is 3. The van der Waals surface area contributed by atoms with Crippen LogP contribution in [0.25, 0.3) is 0 Å². The van der Waals surface area contributed by atoms with Gasteiger partial charge in [0.25, 0.3) is 0 Å². The van der Waals surface area contributed by atoms with E-state index in [0.29, 0.717) is 5.15 Å². The van der Waals surface area contributed by atoms with Crippen LogP contribution in [0.3, 0.4) is 0 Å². The minimum absolute atomic E-state index is 0.413. The van der Waals surface area contributed by atoms with Crippen LogP contribution in [0.15, 0.2) is 41.4 Å². The molecule has 0 N–H and O–H groups in total. The second-order valence-corrected chi connectivity index (χ2v) is 4.93. The topological polar surface area (TPSA) is 25.8 Å². The molecule has 0 atom stereocenters. The molecule has 0 spiro atoms. The van der Waals surface area contributed by atoms with Gasteiger partial charge in [-0.1, -0.05) is 47.1 Å². The molecule has 0 bridgehead atoms. The van der Waals surface area contributed by atoms with Crippen molar-refractivity contribution in [3.63, 3.8) is 0 Å². The van der Waals surface area contributed by atoms with Gasteiger partial charge in [-0.2, -0.15) is 0 Å². The van der Waals surface area contributed by atoms with E-state index in [1.165, 1.54) is 5.56 Å². The van der Waals surface area contributed by atoms with Gasteiger partial charge in [-0.15, -0.1) is 10.2 Å². The lowest BCUT2D eigenvalue weighted by atomic mass is 10.2. The molecule has 16 heavy (non-hydrogen) atoms. The first-order valence-corrected chi connectivity index (χ1v) is 6.35. The van der Waals surface area contributed by atoms with Gasteiger partial charge in [0.2, 0.25) is 0 Å². The van der Waals surface area contributed by atoms with E-state index >= 15 is 0 Å². The molecule has 2 nitrogen and oxygen atoms in total. The number of nitrogens with zero attached hydrogens (tertiary/aromatic N) is 2. The molecule has 0 amide bonds. The van der Waals surface area contributed by atoms with Gasteiger partial charge in [0, 0.05) is 10.8 Å². The van der Waals surface area contributed by atoms with Crippen LogP contribution in [0.5, 0.6) is 0 Å². The summed E-state index contributed by atoms with van der Waals surface area (Å²) in [6.07, 6.45) is 0. The molecule has 1 aromatic carbocycles. The molecule has 0 aliphatic carbocycles. The molecule has 82 valence electrons. The molecular weight excluding hydrogens is 263 g/mol. The number of benzene rings is 1. The van der Waals surface area contributed by atoms with Gasteiger partial charge in [-0.05, 0) is 29.8 Å². The molecule has 0 aliphatic heterocycles. The fraction of sp³-hybridized carbons (Fsp3) is 0.0909. The average Bonchev–Trinajstić information content (AvgIpc) is 2.30. The number of thioether (sulfide) groups is 1. The third kappa shape index (κ3) is 3.37. The zero-order valence-corrected chi connectivity index (χ0v) is 10.6. The highest BCUT2D eigenvalue weighted by atomic mass is 35.5. The monoisotopic (exact) mass is 270 g/mol. The zero-order valence-electron chi connectivity index (χ0n) is 8.23. The summed E-state index contributed by atoms with van der Waals surface area (Å²) in [6.45, 7) is 0. The summed E-state index contributed by atoms with van der Waals surface area (Å²) in [7, 11) is 0.